The molecule has 1 aliphatic carbocycles. The van der Waals surface area contributed by atoms with E-state index in [-0.39, 0.29) is 24.4 Å². The molecular weight excluding hydrogens is 416 g/mol. The van der Waals surface area contributed by atoms with Gasteiger partial charge < -0.3 is 10.2 Å². The molecule has 2 saturated heterocycles. The quantitative estimate of drug-likeness (QED) is 0.669. The third kappa shape index (κ3) is 5.08. The van der Waals surface area contributed by atoms with Gasteiger partial charge in [-0.3, -0.25) is 19.4 Å². The Kier molecular flexibility index (Phi) is 7.07. The molecule has 7 heteroatoms. The molecule has 2 atom stereocenters. The average molecular weight is 455 g/mol. The molecule has 1 aromatic rings. The molecule has 4 amide bonds. The third-order valence-corrected chi connectivity index (χ3v) is 7.65. The predicted octanol–water partition coefficient (Wildman–Crippen LogP) is 3.38. The summed E-state index contributed by atoms with van der Waals surface area (Å²) in [5.74, 6) is 0.963. The van der Waals surface area contributed by atoms with Gasteiger partial charge in [0.15, 0.2) is 0 Å². The van der Waals surface area contributed by atoms with Crippen LogP contribution in [0.5, 0.6) is 0 Å². The van der Waals surface area contributed by atoms with Crippen LogP contribution in [0.3, 0.4) is 0 Å². The molecule has 180 valence electrons. The molecule has 3 fully saturated rings. The minimum Gasteiger partial charge on any atom is -0.350 e. The summed E-state index contributed by atoms with van der Waals surface area (Å²) < 4.78 is 0. The molecule has 0 bridgehead atoms. The fourth-order valence-corrected chi connectivity index (χ4v) is 6.01. The van der Waals surface area contributed by atoms with Gasteiger partial charge in [-0.2, -0.15) is 0 Å². The lowest BCUT2D eigenvalue weighted by molar-refractivity contribution is -0.137. The van der Waals surface area contributed by atoms with Crippen LogP contribution < -0.4 is 5.32 Å². The van der Waals surface area contributed by atoms with Gasteiger partial charge in [0.25, 0.3) is 5.91 Å². The first-order chi connectivity index (χ1) is 15.8. The molecule has 1 aromatic carbocycles. The number of piperidine rings is 1. The number of urea groups is 1. The molecule has 0 radical (unpaired) electrons. The number of nitrogens with one attached hydrogen (secondary N) is 1. The molecule has 1 saturated carbocycles. The summed E-state index contributed by atoms with van der Waals surface area (Å²) in [7, 11) is 1.69. The van der Waals surface area contributed by atoms with Crippen molar-refractivity contribution in [2.45, 2.75) is 71.0 Å². The fourth-order valence-electron chi connectivity index (χ4n) is 6.01. The smallest absolute Gasteiger partial charge is 0.327 e. The van der Waals surface area contributed by atoms with Crippen molar-refractivity contribution >= 4 is 17.8 Å². The number of rotatable bonds is 6. The monoisotopic (exact) mass is 454 g/mol. The summed E-state index contributed by atoms with van der Waals surface area (Å²) in [6, 6.07) is 7.98. The molecule has 7 nitrogen and oxygen atoms in total. The van der Waals surface area contributed by atoms with Gasteiger partial charge in [-0.05, 0) is 42.2 Å². The van der Waals surface area contributed by atoms with Crippen molar-refractivity contribution in [3.05, 3.63) is 35.4 Å². The first kappa shape index (κ1) is 23.7. The van der Waals surface area contributed by atoms with E-state index in [1.807, 2.05) is 12.1 Å². The van der Waals surface area contributed by atoms with Crippen LogP contribution in [0.15, 0.2) is 24.3 Å². The molecule has 2 aliphatic heterocycles. The third-order valence-electron chi connectivity index (χ3n) is 7.65. The van der Waals surface area contributed by atoms with Crippen molar-refractivity contribution in [3.63, 3.8) is 0 Å². The summed E-state index contributed by atoms with van der Waals surface area (Å²) in [6.07, 6.45) is 5.65. The Morgan fingerprint density at radius 2 is 1.61 bits per heavy atom. The Balaban J connectivity index is 1.27. The van der Waals surface area contributed by atoms with E-state index in [1.54, 1.807) is 11.9 Å². The highest BCUT2D eigenvalue weighted by molar-refractivity contribution is 6.08. The van der Waals surface area contributed by atoms with Crippen LogP contribution in [0, 0.1) is 11.8 Å². The van der Waals surface area contributed by atoms with Crippen molar-refractivity contribution in [3.8, 4) is 0 Å². The number of hydrogen-bond donors (Lipinski definition) is 1. The first-order valence-electron chi connectivity index (χ1n) is 12.4. The summed E-state index contributed by atoms with van der Waals surface area (Å²) >= 11 is 0. The maximum absolute atomic E-state index is 13.0. The lowest BCUT2D eigenvalue weighted by atomic mass is 9.81. The van der Waals surface area contributed by atoms with Crippen LogP contribution in [0.25, 0.3) is 0 Å². The van der Waals surface area contributed by atoms with Crippen LogP contribution >= 0.6 is 0 Å². The zero-order valence-corrected chi connectivity index (χ0v) is 20.3. The molecule has 2 unspecified atom stereocenters. The van der Waals surface area contributed by atoms with Crippen molar-refractivity contribution in [2.75, 3.05) is 26.7 Å². The molecule has 4 rings (SSSR count). The normalized spacial score (nSPS) is 25.7. The highest BCUT2D eigenvalue weighted by Gasteiger charge is 2.55. The maximum Gasteiger partial charge on any atom is 0.327 e. The number of likely N-dealkylation sites (tertiary alicyclic amines) is 1. The Hall–Kier alpha value is -2.41. The average Bonchev–Trinajstić information content (AvgIpc) is 2.95. The topological polar surface area (TPSA) is 73.0 Å². The van der Waals surface area contributed by atoms with E-state index < -0.39 is 5.54 Å². The predicted molar refractivity (Wildman–Crippen MR) is 127 cm³/mol. The minimum absolute atomic E-state index is 0.212. The second kappa shape index (κ2) is 9.84. The Labute approximate surface area is 197 Å². The van der Waals surface area contributed by atoms with Gasteiger partial charge in [-0.15, -0.1) is 0 Å². The van der Waals surface area contributed by atoms with Crippen LogP contribution in [0.2, 0.25) is 0 Å². The Morgan fingerprint density at radius 3 is 2.24 bits per heavy atom. The number of benzene rings is 1. The fraction of sp³-hybridized carbons (Fsp3) is 0.654. The molecular formula is C26H38N4O3. The van der Waals surface area contributed by atoms with E-state index in [4.69, 9.17) is 0 Å². The zero-order chi connectivity index (χ0) is 23.6. The number of amides is 4. The maximum atomic E-state index is 13.0. The van der Waals surface area contributed by atoms with E-state index in [0.717, 1.165) is 61.2 Å². The summed E-state index contributed by atoms with van der Waals surface area (Å²) in [4.78, 5) is 43.5. The van der Waals surface area contributed by atoms with Crippen LogP contribution in [0.1, 0.15) is 63.5 Å². The highest BCUT2D eigenvalue weighted by atomic mass is 16.2. The van der Waals surface area contributed by atoms with Gasteiger partial charge >= 0.3 is 6.03 Å². The van der Waals surface area contributed by atoms with Crippen LogP contribution in [0.4, 0.5) is 4.79 Å². The number of carbonyl (C=O) groups excluding carboxylic acids is 3. The van der Waals surface area contributed by atoms with Gasteiger partial charge in [-0.1, -0.05) is 57.4 Å². The number of likely N-dealkylation sites (N-methyl/N-ethyl adjacent to an activating group) is 1. The molecule has 33 heavy (non-hydrogen) atoms. The van der Waals surface area contributed by atoms with Crippen molar-refractivity contribution < 1.29 is 14.4 Å². The van der Waals surface area contributed by atoms with E-state index >= 15 is 0 Å². The van der Waals surface area contributed by atoms with E-state index in [0.29, 0.717) is 19.4 Å². The van der Waals surface area contributed by atoms with E-state index in [1.165, 1.54) is 12.0 Å². The Morgan fingerprint density at radius 1 is 1.00 bits per heavy atom. The summed E-state index contributed by atoms with van der Waals surface area (Å²) in [6.45, 7) is 8.06. The van der Waals surface area contributed by atoms with Crippen molar-refractivity contribution in [1.82, 2.24) is 20.0 Å². The lowest BCUT2D eigenvalue weighted by Gasteiger charge is -2.35. The first-order valence-corrected chi connectivity index (χ1v) is 12.4. The van der Waals surface area contributed by atoms with Gasteiger partial charge in [0.1, 0.15) is 12.1 Å². The zero-order valence-electron chi connectivity index (χ0n) is 20.3. The van der Waals surface area contributed by atoms with E-state index in [9.17, 15) is 14.4 Å². The summed E-state index contributed by atoms with van der Waals surface area (Å²) in [5, 5.41) is 2.87. The lowest BCUT2D eigenvalue weighted by Crippen LogP contribution is -2.49. The molecule has 2 heterocycles. The molecule has 3 aliphatic rings. The molecule has 0 aromatic heterocycles. The second-order valence-corrected chi connectivity index (χ2v) is 10.6. The van der Waals surface area contributed by atoms with Crippen LogP contribution in [-0.4, -0.2) is 64.8 Å². The van der Waals surface area contributed by atoms with Crippen molar-refractivity contribution in [1.29, 1.82) is 0 Å². The minimum atomic E-state index is -0.741. The number of carbonyl (C=O) groups is 3. The number of imide groups is 1. The summed E-state index contributed by atoms with van der Waals surface area (Å²) in [5.41, 5.74) is 1.54. The molecule has 1 N–H and O–H groups in total. The van der Waals surface area contributed by atoms with Gasteiger partial charge in [0.05, 0.1) is 0 Å². The van der Waals surface area contributed by atoms with Gasteiger partial charge in [0, 0.05) is 33.2 Å². The van der Waals surface area contributed by atoms with E-state index in [2.05, 4.69) is 36.2 Å². The highest BCUT2D eigenvalue weighted by Crippen LogP contribution is 2.39. The van der Waals surface area contributed by atoms with Crippen molar-refractivity contribution in [2.24, 2.45) is 11.8 Å². The molecule has 1 spiro atoms. The number of hydrogen-bond acceptors (Lipinski definition) is 4. The SMILES string of the molecule is CC1CC(C)CN(Cc2ccc(CNC(=O)CN3C(=O)N(C)C4(CCCCC4)C3=O)cc2)C1. The van der Waals surface area contributed by atoms with Gasteiger partial charge in [-0.25, -0.2) is 4.79 Å². The van der Waals surface area contributed by atoms with Crippen LogP contribution in [-0.2, 0) is 22.7 Å². The Bertz CT molecular complexity index is 868. The second-order valence-electron chi connectivity index (χ2n) is 10.6. The number of nitrogens with zero attached hydrogens (tertiary/aromatic N) is 3. The van der Waals surface area contributed by atoms with Gasteiger partial charge in [0.2, 0.25) is 5.91 Å². The standard InChI is InChI=1S/C26H38N4O3/c1-19-13-20(2)16-29(15-19)17-22-9-7-21(8-10-22)14-27-23(31)18-30-24(32)26(28(3)25(30)33)11-5-4-6-12-26/h7-10,19-20H,4-6,11-18H2,1-3H3,(H,27,31). The largest absolute Gasteiger partial charge is 0.350 e.